The molecule has 1 heterocycles. The number of nitrogens with zero attached hydrogens (tertiary/aromatic N) is 1. The standard InChI is InChI=1S/C4H14N5O4PS/c5-14(6,10)8-15(11,12)7-9-1-3-13-4-2-9/h7H,1-4H2,(H5,5,6,8,10). The molecule has 0 atom stereocenters. The van der Waals surface area contributed by atoms with Gasteiger partial charge in [-0.3, -0.25) is 15.6 Å². The van der Waals surface area contributed by atoms with Crippen molar-refractivity contribution in [3.05, 3.63) is 0 Å². The molecule has 0 aromatic rings. The van der Waals surface area contributed by atoms with Crippen LogP contribution >= 0.6 is 7.59 Å². The molecule has 1 saturated heterocycles. The van der Waals surface area contributed by atoms with E-state index in [1.165, 1.54) is 5.01 Å². The quantitative estimate of drug-likeness (QED) is 0.415. The van der Waals surface area contributed by atoms with Crippen molar-refractivity contribution in [3.8, 4) is 0 Å². The van der Waals surface area contributed by atoms with E-state index in [4.69, 9.17) is 15.7 Å². The molecule has 1 aliphatic rings. The molecule has 1 aliphatic heterocycles. The Balaban J connectivity index is 2.52. The normalized spacial score (nSPS) is 20.4. The molecule has 0 amide bonds. The third-order valence-corrected chi connectivity index (χ3v) is 4.12. The van der Waals surface area contributed by atoms with Crippen LogP contribution in [0.2, 0.25) is 0 Å². The minimum absolute atomic E-state index is 0.403. The van der Waals surface area contributed by atoms with E-state index in [-0.39, 0.29) is 0 Å². The van der Waals surface area contributed by atoms with Crippen molar-refractivity contribution in [2.45, 2.75) is 0 Å². The number of nitrogens with one attached hydrogen (secondary N) is 2. The minimum atomic E-state index is -3.98. The van der Waals surface area contributed by atoms with E-state index in [1.54, 1.807) is 4.49 Å². The van der Waals surface area contributed by atoms with Gasteiger partial charge in [0.15, 0.2) is 0 Å². The summed E-state index contributed by atoms with van der Waals surface area (Å²) in [5.41, 5.74) is 9.77. The zero-order valence-electron chi connectivity index (χ0n) is 7.92. The molecule has 0 aromatic carbocycles. The summed E-state index contributed by atoms with van der Waals surface area (Å²) in [6.45, 7) is 1.65. The van der Waals surface area contributed by atoms with Crippen LogP contribution < -0.4 is 20.3 Å². The second-order valence-corrected chi connectivity index (χ2v) is 6.33. The smallest absolute Gasteiger partial charge is 0.297 e. The van der Waals surface area contributed by atoms with E-state index in [9.17, 15) is 13.0 Å². The SMILES string of the molecule is NP(N)(=O)NS(=O)(=O)NN1CCOCC1. The van der Waals surface area contributed by atoms with Crippen molar-refractivity contribution in [1.29, 1.82) is 0 Å². The molecule has 0 saturated carbocycles. The summed E-state index contributed by atoms with van der Waals surface area (Å²) in [6.07, 6.45) is 0. The second kappa shape index (κ2) is 4.85. The average Bonchev–Trinajstić information content (AvgIpc) is 1.99. The number of hydrogen-bond acceptors (Lipinski definition) is 5. The molecular formula is C4H14N5O4PS. The summed E-state index contributed by atoms with van der Waals surface area (Å²) < 4.78 is 40.1. The molecule has 0 spiro atoms. The van der Waals surface area contributed by atoms with Gasteiger partial charge in [0.2, 0.25) is 0 Å². The van der Waals surface area contributed by atoms with Gasteiger partial charge in [-0.1, -0.05) is 0 Å². The molecule has 15 heavy (non-hydrogen) atoms. The first-order valence-electron chi connectivity index (χ1n) is 4.10. The average molecular weight is 259 g/mol. The van der Waals surface area contributed by atoms with E-state index in [2.05, 4.69) is 4.83 Å². The van der Waals surface area contributed by atoms with E-state index in [0.29, 0.717) is 26.3 Å². The maximum Gasteiger partial charge on any atom is 0.297 e. The second-order valence-electron chi connectivity index (χ2n) is 2.99. The van der Waals surface area contributed by atoms with Crippen LogP contribution in [0, 0.1) is 0 Å². The number of rotatable bonds is 4. The van der Waals surface area contributed by atoms with Gasteiger partial charge >= 0.3 is 0 Å². The molecule has 0 aliphatic carbocycles. The van der Waals surface area contributed by atoms with Crippen molar-refractivity contribution in [3.63, 3.8) is 0 Å². The first-order chi connectivity index (χ1) is 6.79. The fraction of sp³-hybridized carbons (Fsp3) is 1.00. The van der Waals surface area contributed by atoms with Gasteiger partial charge < -0.3 is 4.74 Å². The highest BCUT2D eigenvalue weighted by molar-refractivity contribution is 7.93. The van der Waals surface area contributed by atoms with E-state index in [1.807, 2.05) is 0 Å². The first-order valence-corrected chi connectivity index (χ1v) is 7.43. The van der Waals surface area contributed by atoms with Crippen molar-refractivity contribution in [1.82, 2.24) is 14.3 Å². The molecule has 11 heteroatoms. The Morgan fingerprint density at radius 2 is 1.80 bits per heavy atom. The van der Waals surface area contributed by atoms with Gasteiger partial charge in [0, 0.05) is 13.1 Å². The van der Waals surface area contributed by atoms with Gasteiger partial charge in [0.25, 0.3) is 17.8 Å². The highest BCUT2D eigenvalue weighted by atomic mass is 32.2. The number of hydrogen-bond donors (Lipinski definition) is 4. The van der Waals surface area contributed by atoms with Gasteiger partial charge in [0.1, 0.15) is 0 Å². The summed E-state index contributed by atoms with van der Waals surface area (Å²) in [5, 5.41) is 1.40. The number of morpholine rings is 1. The van der Waals surface area contributed by atoms with Crippen LogP contribution in [0.25, 0.3) is 0 Å². The molecular weight excluding hydrogens is 245 g/mol. The number of ether oxygens (including phenoxy) is 1. The Hall–Kier alpha value is -0.0600. The van der Waals surface area contributed by atoms with Gasteiger partial charge in [-0.05, 0) is 0 Å². The lowest BCUT2D eigenvalue weighted by Gasteiger charge is -2.26. The predicted octanol–water partition coefficient (Wildman–Crippen LogP) is -2.32. The van der Waals surface area contributed by atoms with Crippen molar-refractivity contribution < 1.29 is 17.7 Å². The van der Waals surface area contributed by atoms with Crippen LogP contribution in [0.3, 0.4) is 0 Å². The van der Waals surface area contributed by atoms with Gasteiger partial charge in [-0.15, -0.1) is 9.32 Å². The van der Waals surface area contributed by atoms with E-state index in [0.717, 1.165) is 0 Å². The molecule has 6 N–H and O–H groups in total. The molecule has 0 bridgehead atoms. The largest absolute Gasteiger partial charge is 0.379 e. The molecule has 0 aromatic heterocycles. The van der Waals surface area contributed by atoms with Crippen LogP contribution in [0.1, 0.15) is 0 Å². The lowest BCUT2D eigenvalue weighted by atomic mass is 10.5. The van der Waals surface area contributed by atoms with Gasteiger partial charge in [-0.2, -0.15) is 8.42 Å². The van der Waals surface area contributed by atoms with Crippen molar-refractivity contribution in [2.24, 2.45) is 11.0 Å². The third-order valence-electron chi connectivity index (χ3n) is 1.52. The fourth-order valence-corrected chi connectivity index (χ4v) is 3.22. The Morgan fingerprint density at radius 1 is 1.27 bits per heavy atom. The van der Waals surface area contributed by atoms with Crippen LogP contribution in [0.4, 0.5) is 0 Å². The molecule has 1 fully saturated rings. The molecule has 9 nitrogen and oxygen atoms in total. The van der Waals surface area contributed by atoms with Crippen molar-refractivity contribution in [2.75, 3.05) is 26.3 Å². The molecule has 0 radical (unpaired) electrons. The lowest BCUT2D eigenvalue weighted by Crippen LogP contribution is -2.52. The summed E-state index contributed by atoms with van der Waals surface area (Å²) in [6, 6.07) is 0. The van der Waals surface area contributed by atoms with Gasteiger partial charge in [0.05, 0.1) is 13.2 Å². The van der Waals surface area contributed by atoms with Crippen LogP contribution in [-0.4, -0.2) is 39.7 Å². The molecule has 0 unspecified atom stereocenters. The van der Waals surface area contributed by atoms with E-state index < -0.39 is 17.8 Å². The lowest BCUT2D eigenvalue weighted by molar-refractivity contribution is 0.0271. The zero-order chi connectivity index (χ0) is 11.5. The number of hydrazine groups is 1. The maximum absolute atomic E-state index is 11.3. The highest BCUT2D eigenvalue weighted by Gasteiger charge is 2.23. The minimum Gasteiger partial charge on any atom is -0.379 e. The first kappa shape index (κ1) is 13.0. The molecule has 1 rings (SSSR count). The Labute approximate surface area is 87.8 Å². The summed E-state index contributed by atoms with van der Waals surface area (Å²) in [4.78, 5) is 2.13. The Kier molecular flexibility index (Phi) is 4.20. The van der Waals surface area contributed by atoms with Crippen LogP contribution in [0.15, 0.2) is 0 Å². The zero-order valence-corrected chi connectivity index (χ0v) is 9.63. The van der Waals surface area contributed by atoms with Crippen LogP contribution in [-0.2, 0) is 19.5 Å². The van der Waals surface area contributed by atoms with Crippen molar-refractivity contribution >= 4 is 17.8 Å². The van der Waals surface area contributed by atoms with Gasteiger partial charge in [-0.25, -0.2) is 5.01 Å². The predicted molar refractivity (Wildman–Crippen MR) is 53.6 cm³/mol. The summed E-state index contributed by atoms with van der Waals surface area (Å²) >= 11 is 0. The maximum atomic E-state index is 11.3. The summed E-state index contributed by atoms with van der Waals surface area (Å²) in [5.74, 6) is 0. The number of nitrogens with two attached hydrogens (primary N) is 2. The monoisotopic (exact) mass is 259 g/mol. The molecule has 90 valence electrons. The van der Waals surface area contributed by atoms with Crippen LogP contribution in [0.5, 0.6) is 0 Å². The highest BCUT2D eigenvalue weighted by Crippen LogP contribution is 2.18. The topological polar surface area (TPSA) is 140 Å². The third kappa shape index (κ3) is 5.54. The van der Waals surface area contributed by atoms with E-state index >= 15 is 0 Å². The Morgan fingerprint density at radius 3 is 2.27 bits per heavy atom. The fourth-order valence-electron chi connectivity index (χ4n) is 1.03. The Bertz CT molecular complexity index is 346. The summed E-state index contributed by atoms with van der Waals surface area (Å²) in [7, 11) is -7.79.